The van der Waals surface area contributed by atoms with E-state index in [1.54, 1.807) is 38.6 Å². The first-order chi connectivity index (χ1) is 13.2. The number of benzene rings is 2. The first-order valence-electron chi connectivity index (χ1n) is 8.80. The number of fused-ring (bicyclic) bond motifs is 1. The molecule has 0 bridgehead atoms. The summed E-state index contributed by atoms with van der Waals surface area (Å²) in [6, 6.07) is 13.1. The second-order valence-electron chi connectivity index (χ2n) is 6.10. The summed E-state index contributed by atoms with van der Waals surface area (Å²) in [4.78, 5) is 12.4. The lowest BCUT2D eigenvalue weighted by Crippen LogP contribution is -2.17. The molecule has 0 saturated carbocycles. The number of methoxy groups -OCH3 is 2. The third-order valence-corrected chi connectivity index (χ3v) is 4.27. The van der Waals surface area contributed by atoms with Crippen LogP contribution >= 0.6 is 0 Å². The van der Waals surface area contributed by atoms with Gasteiger partial charge in [-0.15, -0.1) is 0 Å². The zero-order valence-electron chi connectivity index (χ0n) is 15.7. The Morgan fingerprint density at radius 1 is 1.15 bits per heavy atom. The van der Waals surface area contributed by atoms with Crippen molar-refractivity contribution in [2.75, 3.05) is 14.2 Å². The van der Waals surface area contributed by atoms with Gasteiger partial charge in [-0.1, -0.05) is 25.1 Å². The predicted molar refractivity (Wildman–Crippen MR) is 107 cm³/mol. The van der Waals surface area contributed by atoms with E-state index in [4.69, 9.17) is 9.47 Å². The molecule has 0 unspecified atom stereocenters. The van der Waals surface area contributed by atoms with Crippen LogP contribution in [0.5, 0.6) is 11.5 Å². The van der Waals surface area contributed by atoms with Crippen molar-refractivity contribution in [2.24, 2.45) is 5.10 Å². The van der Waals surface area contributed by atoms with Crippen LogP contribution in [0.2, 0.25) is 0 Å². The third kappa shape index (κ3) is 4.11. The highest BCUT2D eigenvalue weighted by molar-refractivity contribution is 6.00. The van der Waals surface area contributed by atoms with Crippen LogP contribution in [-0.2, 0) is 6.54 Å². The largest absolute Gasteiger partial charge is 0.497 e. The van der Waals surface area contributed by atoms with Crippen molar-refractivity contribution in [3.05, 3.63) is 59.8 Å². The number of nitrogens with one attached hydrogen (secondary N) is 1. The van der Waals surface area contributed by atoms with Gasteiger partial charge in [0.2, 0.25) is 0 Å². The molecule has 1 aromatic heterocycles. The van der Waals surface area contributed by atoms with E-state index in [1.165, 1.54) is 0 Å². The minimum atomic E-state index is -0.333. The maximum Gasteiger partial charge on any atom is 0.271 e. The minimum Gasteiger partial charge on any atom is -0.497 e. The quantitative estimate of drug-likeness (QED) is 0.511. The van der Waals surface area contributed by atoms with E-state index in [2.05, 4.69) is 40.3 Å². The van der Waals surface area contributed by atoms with Gasteiger partial charge in [0, 0.05) is 40.8 Å². The van der Waals surface area contributed by atoms with Crippen LogP contribution in [0.4, 0.5) is 0 Å². The Bertz CT molecular complexity index is 954. The average Bonchev–Trinajstić information content (AvgIpc) is 3.05. The summed E-state index contributed by atoms with van der Waals surface area (Å²) >= 11 is 0. The van der Waals surface area contributed by atoms with Gasteiger partial charge in [-0.25, -0.2) is 5.43 Å². The second-order valence-corrected chi connectivity index (χ2v) is 6.10. The third-order valence-electron chi connectivity index (χ3n) is 4.27. The molecule has 6 heteroatoms. The van der Waals surface area contributed by atoms with Gasteiger partial charge < -0.3 is 14.0 Å². The van der Waals surface area contributed by atoms with Gasteiger partial charge in [0.15, 0.2) is 0 Å². The number of aryl methyl sites for hydroxylation is 1. The molecule has 6 nitrogen and oxygen atoms in total. The molecule has 3 aromatic rings. The summed E-state index contributed by atoms with van der Waals surface area (Å²) in [5.74, 6) is 0.762. The normalized spacial score (nSPS) is 11.1. The molecule has 1 amide bonds. The Balaban J connectivity index is 1.80. The summed E-state index contributed by atoms with van der Waals surface area (Å²) in [5, 5.41) is 5.24. The van der Waals surface area contributed by atoms with Crippen LogP contribution in [0.15, 0.2) is 53.8 Å². The molecule has 0 aliphatic carbocycles. The van der Waals surface area contributed by atoms with Gasteiger partial charge in [-0.2, -0.15) is 5.10 Å². The van der Waals surface area contributed by atoms with E-state index in [1.807, 2.05) is 12.1 Å². The Hall–Kier alpha value is -3.28. The summed E-state index contributed by atoms with van der Waals surface area (Å²) in [7, 11) is 3.08. The fourth-order valence-corrected chi connectivity index (χ4v) is 2.97. The van der Waals surface area contributed by atoms with Crippen molar-refractivity contribution in [1.29, 1.82) is 0 Å². The number of aromatic nitrogens is 1. The molecular formula is C21H23N3O3. The molecule has 27 heavy (non-hydrogen) atoms. The molecule has 0 spiro atoms. The van der Waals surface area contributed by atoms with Crippen LogP contribution in [0.3, 0.4) is 0 Å². The van der Waals surface area contributed by atoms with E-state index in [0.29, 0.717) is 17.1 Å². The van der Waals surface area contributed by atoms with Crippen LogP contribution in [0.25, 0.3) is 10.9 Å². The number of ether oxygens (including phenoxy) is 2. The Kier molecular flexibility index (Phi) is 5.76. The highest BCUT2D eigenvalue weighted by atomic mass is 16.5. The SMILES string of the molecule is CCCn1cc(/C=N\NC(=O)c2cc(OC)cc(OC)c2)c2ccccc21. The lowest BCUT2D eigenvalue weighted by atomic mass is 10.2. The first-order valence-corrected chi connectivity index (χ1v) is 8.80. The van der Waals surface area contributed by atoms with Gasteiger partial charge in [-0.05, 0) is 24.6 Å². The number of carbonyl (C=O) groups excluding carboxylic acids is 1. The Morgan fingerprint density at radius 3 is 2.52 bits per heavy atom. The molecule has 1 N–H and O–H groups in total. The summed E-state index contributed by atoms with van der Waals surface area (Å²) in [6.45, 7) is 3.08. The molecule has 0 radical (unpaired) electrons. The number of hydrogen-bond donors (Lipinski definition) is 1. The molecule has 0 aliphatic heterocycles. The Labute approximate surface area is 158 Å². The number of carbonyl (C=O) groups is 1. The summed E-state index contributed by atoms with van der Waals surface area (Å²) in [6.07, 6.45) is 4.77. The zero-order valence-corrected chi connectivity index (χ0v) is 15.7. The molecule has 0 saturated heterocycles. The van der Waals surface area contributed by atoms with Crippen molar-refractivity contribution in [3.63, 3.8) is 0 Å². The molecule has 2 aromatic carbocycles. The molecule has 1 heterocycles. The first kappa shape index (κ1) is 18.5. The Morgan fingerprint density at radius 2 is 1.85 bits per heavy atom. The van der Waals surface area contributed by atoms with E-state index >= 15 is 0 Å². The van der Waals surface area contributed by atoms with Gasteiger partial charge >= 0.3 is 0 Å². The van der Waals surface area contributed by atoms with Gasteiger partial charge in [0.05, 0.1) is 20.4 Å². The maximum absolute atomic E-state index is 12.4. The molecule has 0 aliphatic rings. The van der Waals surface area contributed by atoms with Gasteiger partial charge in [-0.3, -0.25) is 4.79 Å². The topological polar surface area (TPSA) is 64.9 Å². The van der Waals surface area contributed by atoms with Crippen LogP contribution in [-0.4, -0.2) is 30.9 Å². The number of hydrogen-bond acceptors (Lipinski definition) is 4. The van der Waals surface area contributed by atoms with Crippen molar-refractivity contribution >= 4 is 23.0 Å². The van der Waals surface area contributed by atoms with Crippen LogP contribution in [0.1, 0.15) is 29.3 Å². The van der Waals surface area contributed by atoms with E-state index in [-0.39, 0.29) is 5.91 Å². The number of amides is 1. The second kappa shape index (κ2) is 8.40. The lowest BCUT2D eigenvalue weighted by molar-refractivity contribution is 0.0954. The monoisotopic (exact) mass is 365 g/mol. The predicted octanol–water partition coefficient (Wildman–Crippen LogP) is 3.83. The van der Waals surface area contributed by atoms with Crippen molar-refractivity contribution < 1.29 is 14.3 Å². The maximum atomic E-state index is 12.4. The van der Waals surface area contributed by atoms with Crippen molar-refractivity contribution in [1.82, 2.24) is 9.99 Å². The van der Waals surface area contributed by atoms with E-state index in [0.717, 1.165) is 29.4 Å². The standard InChI is InChI=1S/C21H23N3O3/c1-4-9-24-14-16(19-7-5-6-8-20(19)24)13-22-23-21(25)15-10-17(26-2)12-18(11-15)27-3/h5-8,10-14H,4,9H2,1-3H3,(H,23,25)/b22-13-. The number of rotatable bonds is 7. The minimum absolute atomic E-state index is 0.333. The van der Waals surface area contributed by atoms with Gasteiger partial charge in [0.1, 0.15) is 11.5 Å². The number of hydrazone groups is 1. The smallest absolute Gasteiger partial charge is 0.271 e. The van der Waals surface area contributed by atoms with Crippen molar-refractivity contribution in [3.8, 4) is 11.5 Å². The molecule has 140 valence electrons. The highest BCUT2D eigenvalue weighted by Crippen LogP contribution is 2.23. The summed E-state index contributed by atoms with van der Waals surface area (Å²) in [5.41, 5.74) is 5.10. The fourth-order valence-electron chi connectivity index (χ4n) is 2.97. The molecular weight excluding hydrogens is 342 g/mol. The highest BCUT2D eigenvalue weighted by Gasteiger charge is 2.10. The zero-order chi connectivity index (χ0) is 19.2. The van der Waals surface area contributed by atoms with Gasteiger partial charge in [0.25, 0.3) is 5.91 Å². The van der Waals surface area contributed by atoms with E-state index < -0.39 is 0 Å². The van der Waals surface area contributed by atoms with E-state index in [9.17, 15) is 4.79 Å². The molecule has 0 fully saturated rings. The molecule has 0 atom stereocenters. The van der Waals surface area contributed by atoms with Crippen LogP contribution in [0, 0.1) is 0 Å². The lowest BCUT2D eigenvalue weighted by Gasteiger charge is -2.07. The van der Waals surface area contributed by atoms with Crippen molar-refractivity contribution in [2.45, 2.75) is 19.9 Å². The average molecular weight is 365 g/mol. The number of nitrogens with zero attached hydrogens (tertiary/aromatic N) is 2. The summed E-state index contributed by atoms with van der Waals surface area (Å²) < 4.78 is 12.6. The number of para-hydroxylation sites is 1. The molecule has 3 rings (SSSR count). The van der Waals surface area contributed by atoms with Crippen LogP contribution < -0.4 is 14.9 Å². The fraction of sp³-hybridized carbons (Fsp3) is 0.238.